The molecule has 1 aromatic rings. The van der Waals surface area contributed by atoms with Gasteiger partial charge >= 0.3 is 6.61 Å². The maximum atomic E-state index is 12.2. The highest BCUT2D eigenvalue weighted by Gasteiger charge is 2.15. The van der Waals surface area contributed by atoms with E-state index in [9.17, 15) is 13.6 Å². The minimum absolute atomic E-state index is 0.0370. The van der Waals surface area contributed by atoms with Gasteiger partial charge in [-0.15, -0.1) is 0 Å². The predicted octanol–water partition coefficient (Wildman–Crippen LogP) is 3.37. The van der Waals surface area contributed by atoms with Gasteiger partial charge in [0.15, 0.2) is 11.5 Å². The second kappa shape index (κ2) is 7.77. The van der Waals surface area contributed by atoms with Crippen molar-refractivity contribution < 1.29 is 23.0 Å². The van der Waals surface area contributed by atoms with E-state index >= 15 is 0 Å². The van der Waals surface area contributed by atoms with Crippen LogP contribution in [0.1, 0.15) is 31.2 Å². The first-order chi connectivity index (χ1) is 10.6. The molecule has 0 bridgehead atoms. The van der Waals surface area contributed by atoms with Gasteiger partial charge in [0.2, 0.25) is 5.91 Å². The summed E-state index contributed by atoms with van der Waals surface area (Å²) in [6.07, 6.45) is 7.38. The van der Waals surface area contributed by atoms with Crippen molar-refractivity contribution in [1.82, 2.24) is 5.32 Å². The maximum absolute atomic E-state index is 12.2. The highest BCUT2D eigenvalue weighted by molar-refractivity contribution is 5.92. The summed E-state index contributed by atoms with van der Waals surface area (Å²) in [6, 6.07) is 4.77. The molecule has 22 heavy (non-hydrogen) atoms. The molecule has 1 N–H and O–H groups in total. The molecule has 1 amide bonds. The number of benzene rings is 1. The van der Waals surface area contributed by atoms with Crippen molar-refractivity contribution in [3.63, 3.8) is 0 Å². The van der Waals surface area contributed by atoms with Crippen molar-refractivity contribution in [2.24, 2.45) is 0 Å². The van der Waals surface area contributed by atoms with E-state index in [0.29, 0.717) is 5.56 Å². The zero-order valence-corrected chi connectivity index (χ0v) is 12.4. The van der Waals surface area contributed by atoms with Gasteiger partial charge in [-0.3, -0.25) is 4.79 Å². The standard InChI is InChI=1S/C16H19F2NO3/c1-21-14-10-11(6-8-13(14)22-16(17)18)7-9-15(20)19-12-4-2-3-5-12/h6-10,12,16H,2-5H2,1H3,(H,19,20)/b9-7+. The lowest BCUT2D eigenvalue weighted by atomic mass is 10.2. The van der Waals surface area contributed by atoms with Crippen LogP contribution < -0.4 is 14.8 Å². The molecule has 0 unspecified atom stereocenters. The van der Waals surface area contributed by atoms with E-state index in [-0.39, 0.29) is 23.4 Å². The summed E-state index contributed by atoms with van der Waals surface area (Å²) in [6.45, 7) is -2.91. The quantitative estimate of drug-likeness (QED) is 0.819. The molecule has 0 aromatic heterocycles. The Balaban J connectivity index is 1.99. The fourth-order valence-corrected chi connectivity index (χ4v) is 2.47. The third kappa shape index (κ3) is 4.72. The SMILES string of the molecule is COc1cc(/C=C/C(=O)NC2CCCC2)ccc1OC(F)F. The van der Waals surface area contributed by atoms with E-state index in [1.165, 1.54) is 25.3 Å². The smallest absolute Gasteiger partial charge is 0.387 e. The molecule has 1 saturated carbocycles. The zero-order chi connectivity index (χ0) is 15.9. The lowest BCUT2D eigenvalue weighted by molar-refractivity contribution is -0.117. The van der Waals surface area contributed by atoms with E-state index in [1.807, 2.05) is 0 Å². The Hall–Kier alpha value is -2.11. The lowest BCUT2D eigenvalue weighted by Gasteiger charge is -2.10. The van der Waals surface area contributed by atoms with E-state index in [4.69, 9.17) is 4.74 Å². The average molecular weight is 311 g/mol. The van der Waals surface area contributed by atoms with Crippen LogP contribution in [0.15, 0.2) is 24.3 Å². The Bertz CT molecular complexity index is 540. The van der Waals surface area contributed by atoms with E-state index in [0.717, 1.165) is 25.7 Å². The number of alkyl halides is 2. The monoisotopic (exact) mass is 311 g/mol. The molecule has 6 heteroatoms. The third-order valence-corrected chi connectivity index (χ3v) is 3.53. The summed E-state index contributed by atoms with van der Waals surface area (Å²) < 4.78 is 33.8. The number of rotatable bonds is 6. The molecule has 1 fully saturated rings. The van der Waals surface area contributed by atoms with Gasteiger partial charge in [-0.2, -0.15) is 8.78 Å². The van der Waals surface area contributed by atoms with Crippen LogP contribution in [-0.4, -0.2) is 25.7 Å². The first-order valence-corrected chi connectivity index (χ1v) is 7.20. The lowest BCUT2D eigenvalue weighted by Crippen LogP contribution is -2.30. The second-order valence-corrected chi connectivity index (χ2v) is 5.11. The van der Waals surface area contributed by atoms with Crippen molar-refractivity contribution in [3.8, 4) is 11.5 Å². The number of methoxy groups -OCH3 is 1. The number of ether oxygens (including phenoxy) is 2. The number of hydrogen-bond donors (Lipinski definition) is 1. The number of amides is 1. The Morgan fingerprint density at radius 1 is 1.32 bits per heavy atom. The van der Waals surface area contributed by atoms with Gasteiger partial charge in [0.25, 0.3) is 0 Å². The first kappa shape index (κ1) is 16.3. The van der Waals surface area contributed by atoms with E-state index in [1.54, 1.807) is 12.1 Å². The van der Waals surface area contributed by atoms with Crippen molar-refractivity contribution in [1.29, 1.82) is 0 Å². The summed E-state index contributed by atoms with van der Waals surface area (Å²) in [5.74, 6) is 0.00230. The Kier molecular flexibility index (Phi) is 5.75. The summed E-state index contributed by atoms with van der Waals surface area (Å²) in [7, 11) is 1.37. The molecule has 120 valence electrons. The van der Waals surface area contributed by atoms with Gasteiger partial charge in [0.1, 0.15) is 0 Å². The van der Waals surface area contributed by atoms with Crippen LogP contribution in [0.4, 0.5) is 8.78 Å². The molecule has 0 heterocycles. The van der Waals surface area contributed by atoms with E-state index in [2.05, 4.69) is 10.1 Å². The normalized spacial score (nSPS) is 15.5. The minimum Gasteiger partial charge on any atom is -0.493 e. The summed E-state index contributed by atoms with van der Waals surface area (Å²) in [5.41, 5.74) is 0.667. The minimum atomic E-state index is -2.91. The molecule has 0 radical (unpaired) electrons. The molecule has 1 aliphatic rings. The summed E-state index contributed by atoms with van der Waals surface area (Å²) >= 11 is 0. The Labute approximate surface area is 128 Å². The van der Waals surface area contributed by atoms with Crippen LogP contribution in [-0.2, 0) is 4.79 Å². The van der Waals surface area contributed by atoms with Gasteiger partial charge in [-0.1, -0.05) is 18.9 Å². The zero-order valence-electron chi connectivity index (χ0n) is 12.4. The van der Waals surface area contributed by atoms with Crippen molar-refractivity contribution in [3.05, 3.63) is 29.8 Å². The van der Waals surface area contributed by atoms with Crippen molar-refractivity contribution >= 4 is 12.0 Å². The average Bonchev–Trinajstić information content (AvgIpc) is 2.98. The number of carbonyl (C=O) groups excluding carboxylic acids is 1. The largest absolute Gasteiger partial charge is 0.493 e. The molecular formula is C16H19F2NO3. The van der Waals surface area contributed by atoms with Gasteiger partial charge in [0, 0.05) is 12.1 Å². The molecule has 0 spiro atoms. The number of halogens is 2. The van der Waals surface area contributed by atoms with Crippen LogP contribution in [0.25, 0.3) is 6.08 Å². The second-order valence-electron chi connectivity index (χ2n) is 5.11. The third-order valence-electron chi connectivity index (χ3n) is 3.53. The maximum Gasteiger partial charge on any atom is 0.387 e. The molecule has 0 saturated heterocycles. The van der Waals surface area contributed by atoms with Gasteiger partial charge in [-0.05, 0) is 36.6 Å². The fraction of sp³-hybridized carbons (Fsp3) is 0.438. The number of carbonyl (C=O) groups is 1. The number of hydrogen-bond acceptors (Lipinski definition) is 3. The summed E-state index contributed by atoms with van der Waals surface area (Å²) in [5, 5.41) is 2.93. The molecule has 0 aliphatic heterocycles. The predicted molar refractivity (Wildman–Crippen MR) is 79.1 cm³/mol. The Morgan fingerprint density at radius 2 is 2.05 bits per heavy atom. The topological polar surface area (TPSA) is 47.6 Å². The van der Waals surface area contributed by atoms with Crippen LogP contribution in [0.2, 0.25) is 0 Å². The highest BCUT2D eigenvalue weighted by Crippen LogP contribution is 2.29. The molecule has 2 rings (SSSR count). The Morgan fingerprint density at radius 3 is 2.68 bits per heavy atom. The van der Waals surface area contributed by atoms with E-state index < -0.39 is 6.61 Å². The molecular weight excluding hydrogens is 292 g/mol. The molecule has 1 aliphatic carbocycles. The van der Waals surface area contributed by atoms with Crippen molar-refractivity contribution in [2.75, 3.05) is 7.11 Å². The van der Waals surface area contributed by atoms with Gasteiger partial charge in [-0.25, -0.2) is 0 Å². The molecule has 0 atom stereocenters. The highest BCUT2D eigenvalue weighted by atomic mass is 19.3. The van der Waals surface area contributed by atoms with Crippen LogP contribution in [0.5, 0.6) is 11.5 Å². The van der Waals surface area contributed by atoms with Gasteiger partial charge in [0.05, 0.1) is 7.11 Å². The van der Waals surface area contributed by atoms with Gasteiger partial charge < -0.3 is 14.8 Å². The van der Waals surface area contributed by atoms with Crippen LogP contribution in [0, 0.1) is 0 Å². The van der Waals surface area contributed by atoms with Crippen LogP contribution in [0.3, 0.4) is 0 Å². The molecule has 4 nitrogen and oxygen atoms in total. The fourth-order valence-electron chi connectivity index (χ4n) is 2.47. The van der Waals surface area contributed by atoms with Crippen LogP contribution >= 0.6 is 0 Å². The molecule has 1 aromatic carbocycles. The number of nitrogens with one attached hydrogen (secondary N) is 1. The first-order valence-electron chi connectivity index (χ1n) is 7.20. The van der Waals surface area contributed by atoms with Crippen molar-refractivity contribution in [2.45, 2.75) is 38.3 Å². The summed E-state index contributed by atoms with van der Waals surface area (Å²) in [4.78, 5) is 11.8.